The van der Waals surface area contributed by atoms with Gasteiger partial charge in [-0.25, -0.2) is 15.0 Å². The van der Waals surface area contributed by atoms with Gasteiger partial charge in [0.1, 0.15) is 0 Å². The van der Waals surface area contributed by atoms with Crippen molar-refractivity contribution in [2.45, 2.75) is 26.2 Å². The molecule has 1 aromatic carbocycles. The van der Waals surface area contributed by atoms with Crippen molar-refractivity contribution in [3.05, 3.63) is 54.5 Å². The Morgan fingerprint density at radius 1 is 1.14 bits per heavy atom. The molecule has 2 heterocycles. The lowest BCUT2D eigenvalue weighted by molar-refractivity contribution is -0.130. The van der Waals surface area contributed by atoms with Crippen LogP contribution in [0.3, 0.4) is 0 Å². The zero-order valence-electron chi connectivity index (χ0n) is 21.9. The SMILES string of the molecule is C=C(N=C(ON)N1CCN(CC(=O)N(C)C)CC1)C(C)(c1ccc(-c2cnc(N)nc2)cc1)C(C)C. The van der Waals surface area contributed by atoms with E-state index in [2.05, 4.69) is 54.4 Å². The van der Waals surface area contributed by atoms with Crippen LogP contribution in [0.2, 0.25) is 0 Å². The molecule has 1 fully saturated rings. The van der Waals surface area contributed by atoms with Crippen molar-refractivity contribution < 1.29 is 9.63 Å². The largest absolute Gasteiger partial charge is 0.373 e. The summed E-state index contributed by atoms with van der Waals surface area (Å²) in [6.45, 7) is 13.9. The fourth-order valence-corrected chi connectivity index (χ4v) is 4.16. The fraction of sp³-hybridized carbons (Fsp3) is 0.462. The van der Waals surface area contributed by atoms with E-state index in [1.165, 1.54) is 0 Å². The summed E-state index contributed by atoms with van der Waals surface area (Å²) >= 11 is 0. The Morgan fingerprint density at radius 3 is 2.22 bits per heavy atom. The lowest BCUT2D eigenvalue weighted by Gasteiger charge is -2.37. The van der Waals surface area contributed by atoms with E-state index in [-0.39, 0.29) is 17.8 Å². The van der Waals surface area contributed by atoms with E-state index in [0.717, 1.165) is 16.7 Å². The zero-order chi connectivity index (χ0) is 26.5. The van der Waals surface area contributed by atoms with Crippen LogP contribution in [0.25, 0.3) is 11.1 Å². The van der Waals surface area contributed by atoms with E-state index in [1.807, 2.05) is 17.0 Å². The Kier molecular flexibility index (Phi) is 8.65. The van der Waals surface area contributed by atoms with Gasteiger partial charge in [-0.2, -0.15) is 5.90 Å². The second kappa shape index (κ2) is 11.5. The highest BCUT2D eigenvalue weighted by molar-refractivity contribution is 5.78. The summed E-state index contributed by atoms with van der Waals surface area (Å²) in [6, 6.07) is 8.57. The maximum Gasteiger partial charge on any atom is 0.312 e. The minimum atomic E-state index is -0.458. The maximum atomic E-state index is 12.0. The topological polar surface area (TPSA) is 126 Å². The number of allylic oxidation sites excluding steroid dienone is 1. The molecule has 1 saturated heterocycles. The van der Waals surface area contributed by atoms with Crippen molar-refractivity contribution in [2.75, 3.05) is 52.6 Å². The standard InChI is InChI=1S/C26H38N8O2/c1-18(2)26(4,22-9-7-20(8-10-22)21-15-29-24(27)30-16-21)19(3)31-25(36-28)34-13-11-33(12-14-34)17-23(35)32(5)6/h7-10,15-16,18H,3,11-14,17,28H2,1-2,4-6H3,(H2,27,29,30). The number of aromatic nitrogens is 2. The average Bonchev–Trinajstić information content (AvgIpc) is 2.87. The van der Waals surface area contributed by atoms with Crippen molar-refractivity contribution in [3.63, 3.8) is 0 Å². The number of carbonyl (C=O) groups excluding carboxylic acids is 1. The monoisotopic (exact) mass is 494 g/mol. The Hall–Kier alpha value is -3.50. The molecular formula is C26H38N8O2. The molecule has 0 saturated carbocycles. The molecule has 1 aliphatic rings. The number of rotatable bonds is 7. The van der Waals surface area contributed by atoms with Crippen LogP contribution in [-0.4, -0.2) is 83.4 Å². The van der Waals surface area contributed by atoms with Crippen molar-refractivity contribution >= 4 is 17.9 Å². The van der Waals surface area contributed by atoms with Gasteiger partial charge in [-0.1, -0.05) is 44.7 Å². The second-order valence-electron chi connectivity index (χ2n) is 9.77. The van der Waals surface area contributed by atoms with Gasteiger partial charge in [0.2, 0.25) is 11.9 Å². The Labute approximate surface area is 213 Å². The van der Waals surface area contributed by atoms with Gasteiger partial charge in [-0.15, -0.1) is 0 Å². The number of anilines is 1. The summed E-state index contributed by atoms with van der Waals surface area (Å²) in [5.74, 6) is 6.19. The number of aliphatic imine (C=N–C) groups is 1. The van der Waals surface area contributed by atoms with Gasteiger partial charge in [-0.05, 0) is 24.0 Å². The lowest BCUT2D eigenvalue weighted by atomic mass is 9.71. The molecule has 0 radical (unpaired) electrons. The molecule has 36 heavy (non-hydrogen) atoms. The van der Waals surface area contributed by atoms with Gasteiger partial charge < -0.3 is 20.4 Å². The van der Waals surface area contributed by atoms with Gasteiger partial charge in [-0.3, -0.25) is 9.69 Å². The van der Waals surface area contributed by atoms with Crippen molar-refractivity contribution in [1.29, 1.82) is 0 Å². The second-order valence-corrected chi connectivity index (χ2v) is 9.77. The summed E-state index contributed by atoms with van der Waals surface area (Å²) in [5, 5.41) is 0. The number of benzene rings is 1. The summed E-state index contributed by atoms with van der Waals surface area (Å²) in [5.41, 5.74) is 8.78. The number of piperazine rings is 1. The molecule has 10 heteroatoms. The number of nitrogens with zero attached hydrogens (tertiary/aromatic N) is 6. The van der Waals surface area contributed by atoms with E-state index in [0.29, 0.717) is 44.4 Å². The predicted octanol–water partition coefficient (Wildman–Crippen LogP) is 2.11. The molecule has 10 nitrogen and oxygen atoms in total. The summed E-state index contributed by atoms with van der Waals surface area (Å²) in [6.07, 6.45) is 3.42. The molecule has 1 atom stereocenters. The molecule has 1 amide bonds. The first-order valence-electron chi connectivity index (χ1n) is 12.1. The number of nitrogen functional groups attached to an aromatic ring is 1. The summed E-state index contributed by atoms with van der Waals surface area (Å²) in [7, 11) is 3.53. The third-order valence-electron chi connectivity index (χ3n) is 7.08. The number of hydrogen-bond donors (Lipinski definition) is 2. The highest BCUT2D eigenvalue weighted by Gasteiger charge is 2.35. The number of likely N-dealkylation sites (N-methyl/N-ethyl adjacent to an activating group) is 1. The van der Waals surface area contributed by atoms with Crippen LogP contribution in [-0.2, 0) is 15.0 Å². The van der Waals surface area contributed by atoms with E-state index >= 15 is 0 Å². The normalized spacial score (nSPS) is 16.5. The summed E-state index contributed by atoms with van der Waals surface area (Å²) < 4.78 is 0. The van der Waals surface area contributed by atoms with Crippen molar-refractivity contribution in [1.82, 2.24) is 24.7 Å². The number of carbonyl (C=O) groups is 1. The number of amidine groups is 1. The average molecular weight is 495 g/mol. The van der Waals surface area contributed by atoms with Crippen LogP contribution in [0.15, 0.2) is 53.9 Å². The number of hydrogen-bond acceptors (Lipinski definition) is 8. The molecule has 4 N–H and O–H groups in total. The van der Waals surface area contributed by atoms with Gasteiger partial charge in [0, 0.05) is 69.3 Å². The van der Waals surface area contributed by atoms with Crippen molar-refractivity contribution in [3.8, 4) is 11.1 Å². The van der Waals surface area contributed by atoms with Crippen molar-refractivity contribution in [2.24, 2.45) is 16.8 Å². The molecule has 0 spiro atoms. The highest BCUT2D eigenvalue weighted by Crippen LogP contribution is 2.39. The highest BCUT2D eigenvalue weighted by atomic mass is 16.6. The van der Waals surface area contributed by atoms with Gasteiger partial charge in [0.25, 0.3) is 0 Å². The molecule has 1 unspecified atom stereocenters. The minimum Gasteiger partial charge on any atom is -0.373 e. The fourth-order valence-electron chi connectivity index (χ4n) is 4.16. The van der Waals surface area contributed by atoms with E-state index < -0.39 is 5.41 Å². The lowest BCUT2D eigenvalue weighted by Crippen LogP contribution is -2.52. The third kappa shape index (κ3) is 6.00. The van der Waals surface area contributed by atoms with E-state index in [9.17, 15) is 4.79 Å². The molecule has 194 valence electrons. The Bertz CT molecular complexity index is 1070. The maximum absolute atomic E-state index is 12.0. The summed E-state index contributed by atoms with van der Waals surface area (Å²) in [4.78, 5) is 35.9. The molecule has 2 aromatic rings. The minimum absolute atomic E-state index is 0.0865. The Morgan fingerprint density at radius 2 is 1.72 bits per heavy atom. The first-order valence-corrected chi connectivity index (χ1v) is 12.1. The third-order valence-corrected chi connectivity index (χ3v) is 7.08. The molecule has 0 bridgehead atoms. The first-order chi connectivity index (χ1) is 17.1. The van der Waals surface area contributed by atoms with Crippen LogP contribution >= 0.6 is 0 Å². The smallest absolute Gasteiger partial charge is 0.312 e. The number of nitrogens with two attached hydrogens (primary N) is 2. The number of amides is 1. The van der Waals surface area contributed by atoms with Crippen LogP contribution < -0.4 is 11.6 Å². The van der Waals surface area contributed by atoms with Gasteiger partial charge >= 0.3 is 6.02 Å². The van der Waals surface area contributed by atoms with Crippen LogP contribution in [0, 0.1) is 5.92 Å². The van der Waals surface area contributed by atoms with Crippen LogP contribution in [0.5, 0.6) is 0 Å². The first kappa shape index (κ1) is 27.1. The Balaban J connectivity index is 1.77. The van der Waals surface area contributed by atoms with Gasteiger partial charge in [0.15, 0.2) is 0 Å². The van der Waals surface area contributed by atoms with E-state index in [4.69, 9.17) is 21.5 Å². The molecule has 1 aromatic heterocycles. The van der Waals surface area contributed by atoms with Crippen LogP contribution in [0.1, 0.15) is 26.3 Å². The zero-order valence-corrected chi connectivity index (χ0v) is 21.9. The predicted molar refractivity (Wildman–Crippen MR) is 143 cm³/mol. The van der Waals surface area contributed by atoms with E-state index in [1.54, 1.807) is 31.4 Å². The quantitative estimate of drug-likeness (QED) is 0.340. The molecule has 3 rings (SSSR count). The van der Waals surface area contributed by atoms with Gasteiger partial charge in [0.05, 0.1) is 6.54 Å². The van der Waals surface area contributed by atoms with Crippen LogP contribution in [0.4, 0.5) is 5.95 Å². The molecular weight excluding hydrogens is 456 g/mol. The molecule has 0 aliphatic carbocycles. The molecule has 1 aliphatic heterocycles.